The number of piperazine rings is 1. The summed E-state index contributed by atoms with van der Waals surface area (Å²) in [6.45, 7) is 15.2. The average molecular weight is 460 g/mol. The number of rotatable bonds is 6. The fourth-order valence-corrected chi connectivity index (χ4v) is 4.69. The number of benzene rings is 1. The lowest BCUT2D eigenvalue weighted by atomic mass is 10.0. The number of H-pyrrole nitrogens is 1. The van der Waals surface area contributed by atoms with Crippen LogP contribution in [0.15, 0.2) is 48.5 Å². The molecular formula is C28H37N5O. The third-order valence-corrected chi connectivity index (χ3v) is 6.50. The number of aromatic amines is 1. The Balaban J connectivity index is 1.38. The molecule has 1 unspecified atom stereocenters. The van der Waals surface area contributed by atoms with Crippen LogP contribution in [0.4, 0.5) is 4.79 Å². The highest BCUT2D eigenvalue weighted by Crippen LogP contribution is 2.26. The van der Waals surface area contributed by atoms with Crippen LogP contribution >= 0.6 is 0 Å². The van der Waals surface area contributed by atoms with Gasteiger partial charge < -0.3 is 15.2 Å². The lowest BCUT2D eigenvalue weighted by Gasteiger charge is -2.36. The van der Waals surface area contributed by atoms with Crippen molar-refractivity contribution in [3.8, 4) is 22.5 Å². The van der Waals surface area contributed by atoms with E-state index in [2.05, 4.69) is 79.3 Å². The topological polar surface area (TPSA) is 64.3 Å². The Labute approximate surface area is 203 Å². The van der Waals surface area contributed by atoms with E-state index in [1.165, 1.54) is 0 Å². The molecule has 1 aliphatic heterocycles. The molecule has 1 aromatic carbocycles. The first-order valence-corrected chi connectivity index (χ1v) is 12.3. The van der Waals surface area contributed by atoms with Gasteiger partial charge in [-0.05, 0) is 50.5 Å². The Morgan fingerprint density at radius 3 is 2.29 bits per heavy atom. The normalized spacial score (nSPS) is 15.5. The van der Waals surface area contributed by atoms with Crippen molar-refractivity contribution in [2.45, 2.75) is 40.7 Å². The van der Waals surface area contributed by atoms with E-state index in [0.29, 0.717) is 5.92 Å². The maximum absolute atomic E-state index is 12.8. The number of urea groups is 1. The Morgan fingerprint density at radius 1 is 1.00 bits per heavy atom. The number of nitrogens with zero attached hydrogens (tertiary/aromatic N) is 3. The van der Waals surface area contributed by atoms with E-state index >= 15 is 0 Å². The zero-order chi connectivity index (χ0) is 24.2. The van der Waals surface area contributed by atoms with Crippen LogP contribution in [0.1, 0.15) is 43.8 Å². The van der Waals surface area contributed by atoms with Crippen molar-refractivity contribution in [3.05, 3.63) is 65.5 Å². The number of amides is 2. The minimum Gasteiger partial charge on any atom is -0.362 e. The van der Waals surface area contributed by atoms with E-state index in [9.17, 15) is 4.79 Å². The van der Waals surface area contributed by atoms with Gasteiger partial charge in [0.05, 0.1) is 17.4 Å². The molecule has 3 aromatic rings. The van der Waals surface area contributed by atoms with Gasteiger partial charge in [0.2, 0.25) is 0 Å². The number of carbonyl (C=O) groups excluding carboxylic acids is 1. The van der Waals surface area contributed by atoms with E-state index < -0.39 is 0 Å². The van der Waals surface area contributed by atoms with Crippen molar-refractivity contribution in [2.75, 3.05) is 32.7 Å². The molecule has 0 aliphatic carbocycles. The fraction of sp³-hybridized carbons (Fsp3) is 0.429. The summed E-state index contributed by atoms with van der Waals surface area (Å²) in [5.74, 6) is 0.656. The first-order valence-electron chi connectivity index (χ1n) is 12.3. The van der Waals surface area contributed by atoms with Gasteiger partial charge in [-0.2, -0.15) is 0 Å². The van der Waals surface area contributed by atoms with E-state index in [4.69, 9.17) is 4.98 Å². The van der Waals surface area contributed by atoms with Gasteiger partial charge in [-0.15, -0.1) is 0 Å². The molecule has 1 saturated heterocycles. The Hall–Kier alpha value is -3.12. The second-order valence-corrected chi connectivity index (χ2v) is 9.87. The van der Waals surface area contributed by atoms with Crippen LogP contribution in [0.3, 0.4) is 0 Å². The molecule has 0 spiro atoms. The van der Waals surface area contributed by atoms with Gasteiger partial charge in [0.25, 0.3) is 0 Å². The molecule has 1 atom stereocenters. The highest BCUT2D eigenvalue weighted by molar-refractivity contribution is 5.75. The first-order chi connectivity index (χ1) is 16.3. The van der Waals surface area contributed by atoms with Crippen molar-refractivity contribution in [3.63, 3.8) is 0 Å². The van der Waals surface area contributed by atoms with E-state index in [0.717, 1.165) is 72.2 Å². The smallest absolute Gasteiger partial charge is 0.317 e. The second kappa shape index (κ2) is 10.4. The molecule has 2 amide bonds. The molecule has 0 saturated carbocycles. The third kappa shape index (κ3) is 5.68. The quantitative estimate of drug-likeness (QED) is 0.518. The minimum absolute atomic E-state index is 0.0207. The number of aromatic nitrogens is 2. The van der Waals surface area contributed by atoms with Crippen LogP contribution in [0.5, 0.6) is 0 Å². The highest BCUT2D eigenvalue weighted by atomic mass is 16.2. The van der Waals surface area contributed by atoms with Crippen molar-refractivity contribution < 1.29 is 4.79 Å². The van der Waals surface area contributed by atoms with Gasteiger partial charge in [0, 0.05) is 55.2 Å². The van der Waals surface area contributed by atoms with E-state index in [-0.39, 0.29) is 12.1 Å². The van der Waals surface area contributed by atoms with Crippen molar-refractivity contribution in [2.24, 2.45) is 5.92 Å². The van der Waals surface area contributed by atoms with Gasteiger partial charge in [-0.3, -0.25) is 4.90 Å². The molecule has 2 aromatic heterocycles. The fourth-order valence-electron chi connectivity index (χ4n) is 4.69. The predicted octanol–water partition coefficient (Wildman–Crippen LogP) is 5.40. The van der Waals surface area contributed by atoms with E-state index in [1.807, 2.05) is 24.0 Å². The second-order valence-electron chi connectivity index (χ2n) is 9.87. The number of pyridine rings is 1. The molecule has 6 nitrogen and oxygen atoms in total. The third-order valence-electron chi connectivity index (χ3n) is 6.50. The summed E-state index contributed by atoms with van der Waals surface area (Å²) in [6, 6.07) is 16.6. The monoisotopic (exact) mass is 459 g/mol. The van der Waals surface area contributed by atoms with E-state index in [1.54, 1.807) is 0 Å². The zero-order valence-electron chi connectivity index (χ0n) is 21.1. The largest absolute Gasteiger partial charge is 0.362 e. The molecule has 0 bridgehead atoms. The summed E-state index contributed by atoms with van der Waals surface area (Å²) in [5.41, 5.74) is 7.47. The lowest BCUT2D eigenvalue weighted by molar-refractivity contribution is 0.129. The average Bonchev–Trinajstić information content (AvgIpc) is 3.17. The first kappa shape index (κ1) is 24.0. The molecule has 3 heterocycles. The number of carbonyl (C=O) groups is 1. The van der Waals surface area contributed by atoms with Crippen molar-refractivity contribution in [1.29, 1.82) is 0 Å². The molecule has 6 heteroatoms. The minimum atomic E-state index is -0.0555. The summed E-state index contributed by atoms with van der Waals surface area (Å²) >= 11 is 0. The standard InChI is InChI=1S/C28H37N5O/c1-19(2)18-32-13-15-33(16-14-32)28(34)30-21(4)23-9-11-24(12-10-23)26-7-6-8-27(31-26)25-17-20(3)29-22(25)5/h6-12,17,19,21,29H,13-16,18H2,1-5H3,(H,30,34). The predicted molar refractivity (Wildman–Crippen MR) is 139 cm³/mol. The summed E-state index contributed by atoms with van der Waals surface area (Å²) in [7, 11) is 0. The molecule has 0 radical (unpaired) electrons. The van der Waals surface area contributed by atoms with Gasteiger partial charge in [-0.1, -0.05) is 44.2 Å². The molecule has 34 heavy (non-hydrogen) atoms. The molecular weight excluding hydrogens is 422 g/mol. The number of aryl methyl sites for hydroxylation is 2. The molecule has 180 valence electrons. The zero-order valence-corrected chi connectivity index (χ0v) is 21.1. The molecule has 1 fully saturated rings. The van der Waals surface area contributed by atoms with Crippen LogP contribution < -0.4 is 5.32 Å². The van der Waals surface area contributed by atoms with Crippen LogP contribution in [0.2, 0.25) is 0 Å². The van der Waals surface area contributed by atoms with Gasteiger partial charge in [-0.25, -0.2) is 9.78 Å². The van der Waals surface area contributed by atoms with Crippen molar-refractivity contribution >= 4 is 6.03 Å². The van der Waals surface area contributed by atoms with Gasteiger partial charge in [0.15, 0.2) is 0 Å². The molecule has 2 N–H and O–H groups in total. The van der Waals surface area contributed by atoms with Crippen LogP contribution in [-0.4, -0.2) is 58.5 Å². The summed E-state index contributed by atoms with van der Waals surface area (Å²) < 4.78 is 0. The Kier molecular flexibility index (Phi) is 7.37. The summed E-state index contributed by atoms with van der Waals surface area (Å²) in [4.78, 5) is 25.4. The Morgan fingerprint density at radius 2 is 1.68 bits per heavy atom. The number of hydrogen-bond donors (Lipinski definition) is 2. The van der Waals surface area contributed by atoms with Crippen LogP contribution in [-0.2, 0) is 0 Å². The lowest BCUT2D eigenvalue weighted by Crippen LogP contribution is -2.52. The number of hydrogen-bond acceptors (Lipinski definition) is 3. The summed E-state index contributed by atoms with van der Waals surface area (Å²) in [5, 5.41) is 3.17. The SMILES string of the molecule is Cc1cc(-c2cccc(-c3ccc(C(C)NC(=O)N4CCN(CC(C)C)CC4)cc3)n2)c(C)[nH]1. The maximum atomic E-state index is 12.8. The number of nitrogens with one attached hydrogen (secondary N) is 2. The van der Waals surface area contributed by atoms with Crippen LogP contribution in [0, 0.1) is 19.8 Å². The van der Waals surface area contributed by atoms with Gasteiger partial charge >= 0.3 is 6.03 Å². The molecule has 1 aliphatic rings. The Bertz CT molecular complexity index is 1110. The summed E-state index contributed by atoms with van der Waals surface area (Å²) in [6.07, 6.45) is 0. The molecule has 4 rings (SSSR count). The van der Waals surface area contributed by atoms with Gasteiger partial charge in [0.1, 0.15) is 0 Å². The van der Waals surface area contributed by atoms with Crippen molar-refractivity contribution in [1.82, 2.24) is 25.1 Å². The highest BCUT2D eigenvalue weighted by Gasteiger charge is 2.22. The van der Waals surface area contributed by atoms with Crippen LogP contribution in [0.25, 0.3) is 22.5 Å². The maximum Gasteiger partial charge on any atom is 0.317 e.